The van der Waals surface area contributed by atoms with Gasteiger partial charge in [0.25, 0.3) is 5.91 Å². The maximum absolute atomic E-state index is 12.9. The molecule has 2 heterocycles. The number of amides is 2. The Balaban J connectivity index is 1.24. The first-order chi connectivity index (χ1) is 17.6. The van der Waals surface area contributed by atoms with Gasteiger partial charge in [-0.2, -0.15) is 0 Å². The van der Waals surface area contributed by atoms with Crippen molar-refractivity contribution in [2.75, 3.05) is 32.3 Å². The highest BCUT2D eigenvalue weighted by molar-refractivity contribution is 7.99. The number of rotatable bonds is 8. The Kier molecular flexibility index (Phi) is 7.12. The van der Waals surface area contributed by atoms with E-state index in [2.05, 4.69) is 15.5 Å². The van der Waals surface area contributed by atoms with Gasteiger partial charge in [0.15, 0.2) is 5.16 Å². The van der Waals surface area contributed by atoms with Crippen molar-refractivity contribution < 1.29 is 19.1 Å². The van der Waals surface area contributed by atoms with Crippen molar-refractivity contribution in [1.29, 1.82) is 0 Å². The van der Waals surface area contributed by atoms with Crippen molar-refractivity contribution in [3.8, 4) is 0 Å². The second-order valence-corrected chi connectivity index (χ2v) is 13.3. The molecule has 4 saturated carbocycles. The van der Waals surface area contributed by atoms with Crippen LogP contribution in [0, 0.1) is 30.1 Å². The van der Waals surface area contributed by atoms with Gasteiger partial charge in [-0.05, 0) is 74.2 Å². The van der Waals surface area contributed by atoms with E-state index in [0.29, 0.717) is 26.0 Å². The zero-order valence-corrected chi connectivity index (χ0v) is 23.8. The monoisotopic (exact) mass is 545 g/mol. The summed E-state index contributed by atoms with van der Waals surface area (Å²) in [5.74, 6) is 2.68. The summed E-state index contributed by atoms with van der Waals surface area (Å²) in [6.45, 7) is 1.69. The molecule has 2 amide bonds. The van der Waals surface area contributed by atoms with Crippen molar-refractivity contribution in [3.05, 3.63) is 21.8 Å². The Morgan fingerprint density at radius 2 is 1.76 bits per heavy atom. The lowest BCUT2D eigenvalue weighted by molar-refractivity contribution is -0.113. The summed E-state index contributed by atoms with van der Waals surface area (Å²) in [5.41, 5.74) is 1.09. The fourth-order valence-corrected chi connectivity index (χ4v) is 9.08. The predicted octanol–water partition coefficient (Wildman–Crippen LogP) is 4.16. The van der Waals surface area contributed by atoms with Crippen LogP contribution in [0.25, 0.3) is 0 Å². The molecule has 4 bridgehead atoms. The standard InChI is InChI=1S/C26H35N5O4S2/c1-14-20(24(34)35-5)22(37-21(14)23(33)30(2)3)27-19(32)13-36-25-29-28-18(31(25)4)12-26-9-15-6-16(10-26)8-17(7-15)11-26/h15-17H,6-13H2,1-5H3,(H,27,32). The molecule has 1 N–H and O–H groups in total. The molecule has 0 saturated heterocycles. The third kappa shape index (κ3) is 5.04. The molecular formula is C26H35N5O4S2. The van der Waals surface area contributed by atoms with Gasteiger partial charge >= 0.3 is 5.97 Å². The molecule has 11 heteroatoms. The Labute approximate surface area is 225 Å². The van der Waals surface area contributed by atoms with E-state index in [-0.39, 0.29) is 23.1 Å². The number of hydrogen-bond acceptors (Lipinski definition) is 8. The van der Waals surface area contributed by atoms with E-state index in [0.717, 1.165) is 41.3 Å². The molecule has 4 aliphatic carbocycles. The molecule has 0 aromatic carbocycles. The summed E-state index contributed by atoms with van der Waals surface area (Å²) in [7, 11) is 6.55. The first-order valence-electron chi connectivity index (χ1n) is 12.8. The number of aromatic nitrogens is 3. The maximum Gasteiger partial charge on any atom is 0.341 e. The first kappa shape index (κ1) is 26.2. The normalized spacial score (nSPS) is 25.8. The summed E-state index contributed by atoms with van der Waals surface area (Å²) >= 11 is 2.41. The molecule has 200 valence electrons. The molecule has 37 heavy (non-hydrogen) atoms. The topological polar surface area (TPSA) is 106 Å². The first-order valence-corrected chi connectivity index (χ1v) is 14.6. The molecular weight excluding hydrogens is 510 g/mol. The van der Waals surface area contributed by atoms with Gasteiger partial charge in [0.2, 0.25) is 5.91 Å². The molecule has 0 atom stereocenters. The summed E-state index contributed by atoms with van der Waals surface area (Å²) in [4.78, 5) is 39.7. The SMILES string of the molecule is COC(=O)c1c(NC(=O)CSc2nnc(CC34CC5CC(CC(C5)C3)C4)n2C)sc(C(=O)N(C)C)c1C. The molecule has 0 spiro atoms. The maximum atomic E-state index is 12.9. The number of thioether (sulfide) groups is 1. The summed E-state index contributed by atoms with van der Waals surface area (Å²) in [5, 5.41) is 12.7. The van der Waals surface area contributed by atoms with Crippen LogP contribution in [0.2, 0.25) is 0 Å². The van der Waals surface area contributed by atoms with Crippen LogP contribution in [0.1, 0.15) is 69.9 Å². The minimum Gasteiger partial charge on any atom is -0.465 e. The molecule has 4 aliphatic rings. The van der Waals surface area contributed by atoms with Crippen LogP contribution in [0.4, 0.5) is 5.00 Å². The minimum atomic E-state index is -0.586. The van der Waals surface area contributed by atoms with Crippen molar-refractivity contribution >= 4 is 45.9 Å². The average Bonchev–Trinajstić information content (AvgIpc) is 3.34. The molecule has 9 nitrogen and oxygen atoms in total. The summed E-state index contributed by atoms with van der Waals surface area (Å²) in [6.07, 6.45) is 9.17. The van der Waals surface area contributed by atoms with Gasteiger partial charge in [-0.15, -0.1) is 21.5 Å². The Morgan fingerprint density at radius 1 is 1.14 bits per heavy atom. The third-order valence-corrected chi connectivity index (χ3v) is 10.6. The number of hydrogen-bond donors (Lipinski definition) is 1. The molecule has 0 radical (unpaired) electrons. The number of esters is 1. The van der Waals surface area contributed by atoms with Crippen molar-refractivity contribution in [1.82, 2.24) is 19.7 Å². The van der Waals surface area contributed by atoms with Crippen molar-refractivity contribution in [3.63, 3.8) is 0 Å². The van der Waals surface area contributed by atoms with Crippen LogP contribution in [-0.4, -0.2) is 64.4 Å². The van der Waals surface area contributed by atoms with Crippen molar-refractivity contribution in [2.24, 2.45) is 30.2 Å². The van der Waals surface area contributed by atoms with Crippen LogP contribution in [0.3, 0.4) is 0 Å². The molecule has 4 fully saturated rings. The van der Waals surface area contributed by atoms with Gasteiger partial charge in [-0.1, -0.05) is 11.8 Å². The molecule has 0 unspecified atom stereocenters. The number of methoxy groups -OCH3 is 1. The number of thiophene rings is 1. The van der Waals surface area contributed by atoms with Gasteiger partial charge in [0, 0.05) is 27.6 Å². The number of nitrogens with zero attached hydrogens (tertiary/aromatic N) is 4. The van der Waals surface area contributed by atoms with Crippen LogP contribution >= 0.6 is 23.1 Å². The fourth-order valence-electron chi connectivity index (χ4n) is 7.12. The molecule has 2 aromatic heterocycles. The quantitative estimate of drug-likeness (QED) is 0.392. The number of carbonyl (C=O) groups excluding carboxylic acids is 3. The highest BCUT2D eigenvalue weighted by Gasteiger charge is 2.51. The fraction of sp³-hybridized carbons (Fsp3) is 0.654. The van der Waals surface area contributed by atoms with Crippen LogP contribution in [0.5, 0.6) is 0 Å². The Morgan fingerprint density at radius 3 is 2.32 bits per heavy atom. The highest BCUT2D eigenvalue weighted by atomic mass is 32.2. The molecule has 0 aliphatic heterocycles. The molecule has 6 rings (SSSR count). The van der Waals surface area contributed by atoms with Gasteiger partial charge in [0.05, 0.1) is 23.3 Å². The minimum absolute atomic E-state index is 0.109. The van der Waals surface area contributed by atoms with E-state index in [1.807, 2.05) is 11.6 Å². The predicted molar refractivity (Wildman–Crippen MR) is 143 cm³/mol. The van der Waals surface area contributed by atoms with Gasteiger partial charge in [-0.25, -0.2) is 4.79 Å². The van der Waals surface area contributed by atoms with Gasteiger partial charge < -0.3 is 19.5 Å². The van der Waals surface area contributed by atoms with Crippen LogP contribution in [0.15, 0.2) is 5.16 Å². The summed E-state index contributed by atoms with van der Waals surface area (Å²) < 4.78 is 6.93. The number of anilines is 1. The smallest absolute Gasteiger partial charge is 0.341 e. The zero-order valence-electron chi connectivity index (χ0n) is 22.1. The van der Waals surface area contributed by atoms with E-state index in [4.69, 9.17) is 4.74 Å². The molecule has 2 aromatic rings. The lowest BCUT2D eigenvalue weighted by Gasteiger charge is -2.56. The third-order valence-electron chi connectivity index (χ3n) is 8.35. The van der Waals surface area contributed by atoms with E-state index < -0.39 is 5.97 Å². The van der Waals surface area contributed by atoms with Crippen LogP contribution in [-0.2, 0) is 23.0 Å². The average molecular weight is 546 g/mol. The van der Waals surface area contributed by atoms with Crippen LogP contribution < -0.4 is 5.32 Å². The second kappa shape index (κ2) is 10.1. The Bertz CT molecular complexity index is 1200. The van der Waals surface area contributed by atoms with Crippen molar-refractivity contribution in [2.45, 2.75) is 57.0 Å². The largest absolute Gasteiger partial charge is 0.465 e. The Hall–Kier alpha value is -2.40. The van der Waals surface area contributed by atoms with E-state index >= 15 is 0 Å². The van der Waals surface area contributed by atoms with Gasteiger partial charge in [0.1, 0.15) is 10.8 Å². The zero-order chi connectivity index (χ0) is 26.5. The van der Waals surface area contributed by atoms with Gasteiger partial charge in [-0.3, -0.25) is 9.59 Å². The lowest BCUT2D eigenvalue weighted by Crippen LogP contribution is -2.47. The second-order valence-electron chi connectivity index (χ2n) is 11.3. The lowest BCUT2D eigenvalue weighted by atomic mass is 9.49. The highest BCUT2D eigenvalue weighted by Crippen LogP contribution is 2.61. The number of carbonyl (C=O) groups is 3. The summed E-state index contributed by atoms with van der Waals surface area (Å²) in [6, 6.07) is 0. The number of ether oxygens (including phenoxy) is 1. The van der Waals surface area contributed by atoms with E-state index in [1.54, 1.807) is 21.0 Å². The van der Waals surface area contributed by atoms with E-state index in [9.17, 15) is 14.4 Å². The van der Waals surface area contributed by atoms with E-state index in [1.165, 1.54) is 62.3 Å². The number of nitrogens with one attached hydrogen (secondary N) is 1.